The zero-order chi connectivity index (χ0) is 11.4. The van der Waals surface area contributed by atoms with Crippen LogP contribution in [0.1, 0.15) is 19.5 Å². The Kier molecular flexibility index (Phi) is 4.47. The molecular formula is C10H16BrN3O. The van der Waals surface area contributed by atoms with Gasteiger partial charge in [0.2, 0.25) is 0 Å². The van der Waals surface area contributed by atoms with Crippen molar-refractivity contribution >= 4 is 15.9 Å². The maximum Gasteiger partial charge on any atom is 0.267 e. The van der Waals surface area contributed by atoms with Crippen molar-refractivity contribution < 1.29 is 0 Å². The van der Waals surface area contributed by atoms with Gasteiger partial charge in [-0.15, -0.1) is 0 Å². The predicted molar refractivity (Wildman–Crippen MR) is 64.1 cm³/mol. The topological polar surface area (TPSA) is 46.9 Å². The lowest BCUT2D eigenvalue weighted by atomic mass is 10.4. The van der Waals surface area contributed by atoms with Gasteiger partial charge in [-0.2, -0.15) is 0 Å². The number of nitrogens with one attached hydrogen (secondary N) is 1. The average molecular weight is 274 g/mol. The van der Waals surface area contributed by atoms with Gasteiger partial charge in [-0.05, 0) is 22.9 Å². The first-order chi connectivity index (χ1) is 7.02. The summed E-state index contributed by atoms with van der Waals surface area (Å²) in [4.78, 5) is 15.8. The van der Waals surface area contributed by atoms with E-state index in [1.54, 1.807) is 10.9 Å². The molecule has 0 amide bonds. The van der Waals surface area contributed by atoms with Crippen LogP contribution in [0.5, 0.6) is 0 Å². The molecule has 1 heterocycles. The highest BCUT2D eigenvalue weighted by atomic mass is 79.9. The fraction of sp³-hybridized carbons (Fsp3) is 0.600. The smallest absolute Gasteiger partial charge is 0.267 e. The molecule has 1 aromatic rings. The molecule has 0 unspecified atom stereocenters. The Labute approximate surface area is 97.8 Å². The van der Waals surface area contributed by atoms with Crippen molar-refractivity contribution in [1.29, 1.82) is 0 Å². The summed E-state index contributed by atoms with van der Waals surface area (Å²) in [5.74, 6) is 0. The third kappa shape index (κ3) is 3.43. The first kappa shape index (κ1) is 12.4. The maximum atomic E-state index is 11.7. The van der Waals surface area contributed by atoms with Crippen LogP contribution in [0.2, 0.25) is 0 Å². The van der Waals surface area contributed by atoms with Gasteiger partial charge in [0.15, 0.2) is 0 Å². The third-order valence-corrected chi connectivity index (χ3v) is 2.98. The lowest BCUT2D eigenvalue weighted by Gasteiger charge is -2.10. The molecule has 0 aliphatic carbocycles. The van der Waals surface area contributed by atoms with Gasteiger partial charge in [-0.25, -0.2) is 4.98 Å². The van der Waals surface area contributed by atoms with E-state index < -0.39 is 0 Å². The van der Waals surface area contributed by atoms with E-state index in [1.165, 1.54) is 0 Å². The summed E-state index contributed by atoms with van der Waals surface area (Å²) in [6, 6.07) is 0.433. The molecule has 0 saturated heterocycles. The van der Waals surface area contributed by atoms with E-state index in [4.69, 9.17) is 0 Å². The van der Waals surface area contributed by atoms with Crippen LogP contribution in [0.3, 0.4) is 0 Å². The summed E-state index contributed by atoms with van der Waals surface area (Å²) in [6.45, 7) is 7.37. The van der Waals surface area contributed by atoms with E-state index in [1.807, 2.05) is 6.92 Å². The van der Waals surface area contributed by atoms with Crippen LogP contribution < -0.4 is 10.9 Å². The van der Waals surface area contributed by atoms with Crippen LogP contribution in [0.4, 0.5) is 0 Å². The number of aryl methyl sites for hydroxylation is 1. The highest BCUT2D eigenvalue weighted by Crippen LogP contribution is 2.05. The van der Waals surface area contributed by atoms with Crippen molar-refractivity contribution in [3.8, 4) is 0 Å². The largest absolute Gasteiger partial charge is 0.313 e. The summed E-state index contributed by atoms with van der Waals surface area (Å²) in [7, 11) is 0. The van der Waals surface area contributed by atoms with Crippen LogP contribution in [0, 0.1) is 6.92 Å². The monoisotopic (exact) mass is 273 g/mol. The molecule has 0 aliphatic heterocycles. The SMILES string of the molecule is Cc1ncn(CCNC(C)C)c(=O)c1Br. The summed E-state index contributed by atoms with van der Waals surface area (Å²) < 4.78 is 2.15. The third-order valence-electron chi connectivity index (χ3n) is 2.06. The van der Waals surface area contributed by atoms with Gasteiger partial charge in [-0.3, -0.25) is 9.36 Å². The molecule has 0 bridgehead atoms. The van der Waals surface area contributed by atoms with E-state index in [-0.39, 0.29) is 5.56 Å². The lowest BCUT2D eigenvalue weighted by molar-refractivity contribution is 0.529. The molecule has 1 rings (SSSR count). The number of rotatable bonds is 4. The zero-order valence-corrected chi connectivity index (χ0v) is 10.8. The van der Waals surface area contributed by atoms with Crippen LogP contribution in [-0.4, -0.2) is 22.1 Å². The van der Waals surface area contributed by atoms with E-state index in [0.29, 0.717) is 17.1 Å². The van der Waals surface area contributed by atoms with Gasteiger partial charge in [0.1, 0.15) is 4.47 Å². The molecular weight excluding hydrogens is 258 g/mol. The quantitative estimate of drug-likeness (QED) is 0.900. The summed E-state index contributed by atoms with van der Waals surface area (Å²) in [5, 5.41) is 3.25. The molecule has 0 saturated carbocycles. The number of halogens is 1. The first-order valence-electron chi connectivity index (χ1n) is 4.97. The number of aromatic nitrogens is 2. The minimum atomic E-state index is -0.0203. The Morgan fingerprint density at radius 3 is 2.87 bits per heavy atom. The van der Waals surface area contributed by atoms with Gasteiger partial charge < -0.3 is 5.32 Å². The molecule has 0 radical (unpaired) electrons. The van der Waals surface area contributed by atoms with Crippen molar-refractivity contribution in [2.24, 2.45) is 0 Å². The number of hydrogen-bond donors (Lipinski definition) is 1. The molecule has 15 heavy (non-hydrogen) atoms. The van der Waals surface area contributed by atoms with Crippen molar-refractivity contribution in [3.63, 3.8) is 0 Å². The van der Waals surface area contributed by atoms with E-state index in [9.17, 15) is 4.79 Å². The maximum absolute atomic E-state index is 11.7. The van der Waals surface area contributed by atoms with E-state index >= 15 is 0 Å². The Morgan fingerprint density at radius 1 is 1.60 bits per heavy atom. The Morgan fingerprint density at radius 2 is 2.27 bits per heavy atom. The van der Waals surface area contributed by atoms with Gasteiger partial charge in [0, 0.05) is 19.1 Å². The molecule has 1 N–H and O–H groups in total. The number of hydrogen-bond acceptors (Lipinski definition) is 3. The zero-order valence-electron chi connectivity index (χ0n) is 9.25. The lowest BCUT2D eigenvalue weighted by Crippen LogP contribution is -2.31. The van der Waals surface area contributed by atoms with Crippen molar-refractivity contribution in [3.05, 3.63) is 26.8 Å². The van der Waals surface area contributed by atoms with E-state index in [0.717, 1.165) is 12.2 Å². The minimum Gasteiger partial charge on any atom is -0.313 e. The normalized spacial score (nSPS) is 11.0. The summed E-state index contributed by atoms with van der Waals surface area (Å²) in [5.41, 5.74) is 0.709. The molecule has 4 nitrogen and oxygen atoms in total. The summed E-state index contributed by atoms with van der Waals surface area (Å²) >= 11 is 3.23. The highest BCUT2D eigenvalue weighted by Gasteiger charge is 2.04. The summed E-state index contributed by atoms with van der Waals surface area (Å²) in [6.07, 6.45) is 1.59. The highest BCUT2D eigenvalue weighted by molar-refractivity contribution is 9.10. The van der Waals surface area contributed by atoms with Crippen molar-refractivity contribution in [2.45, 2.75) is 33.4 Å². The fourth-order valence-corrected chi connectivity index (χ4v) is 1.51. The second-order valence-electron chi connectivity index (χ2n) is 3.75. The van der Waals surface area contributed by atoms with Crippen LogP contribution in [0.25, 0.3) is 0 Å². The van der Waals surface area contributed by atoms with Crippen LogP contribution in [-0.2, 0) is 6.54 Å². The van der Waals surface area contributed by atoms with Crippen LogP contribution >= 0.6 is 15.9 Å². The predicted octanol–water partition coefficient (Wildman–Crippen LogP) is 1.31. The van der Waals surface area contributed by atoms with Gasteiger partial charge in [0.25, 0.3) is 5.56 Å². The molecule has 1 aromatic heterocycles. The van der Waals surface area contributed by atoms with Crippen LogP contribution in [0.15, 0.2) is 15.6 Å². The Bertz CT molecular complexity index is 387. The number of nitrogens with zero attached hydrogens (tertiary/aromatic N) is 2. The fourth-order valence-electron chi connectivity index (χ4n) is 1.18. The molecule has 0 aliphatic rings. The van der Waals surface area contributed by atoms with Crippen molar-refractivity contribution in [2.75, 3.05) is 6.54 Å². The second kappa shape index (κ2) is 5.42. The molecule has 0 aromatic carbocycles. The average Bonchev–Trinajstić information content (AvgIpc) is 2.18. The minimum absolute atomic E-state index is 0.0203. The van der Waals surface area contributed by atoms with Gasteiger partial charge in [0.05, 0.1) is 12.0 Å². The van der Waals surface area contributed by atoms with Crippen molar-refractivity contribution in [1.82, 2.24) is 14.9 Å². The second-order valence-corrected chi connectivity index (χ2v) is 4.54. The van der Waals surface area contributed by atoms with E-state index in [2.05, 4.69) is 40.1 Å². The Balaban J connectivity index is 2.71. The standard InChI is InChI=1S/C10H16BrN3O/c1-7(2)12-4-5-14-6-13-8(3)9(11)10(14)15/h6-7,12H,4-5H2,1-3H3. The molecule has 0 atom stereocenters. The molecule has 0 spiro atoms. The Hall–Kier alpha value is -0.680. The van der Waals surface area contributed by atoms with Gasteiger partial charge in [-0.1, -0.05) is 13.8 Å². The molecule has 5 heteroatoms. The molecule has 0 fully saturated rings. The molecule has 84 valence electrons. The first-order valence-corrected chi connectivity index (χ1v) is 5.76. The van der Waals surface area contributed by atoms with Gasteiger partial charge >= 0.3 is 0 Å².